The summed E-state index contributed by atoms with van der Waals surface area (Å²) in [5.41, 5.74) is 1.81. The number of hydrogen-bond acceptors (Lipinski definition) is 7. The van der Waals surface area contributed by atoms with Gasteiger partial charge in [-0.3, -0.25) is 0 Å². The van der Waals surface area contributed by atoms with Crippen molar-refractivity contribution < 1.29 is 23.8 Å². The van der Waals surface area contributed by atoms with E-state index in [1.54, 1.807) is 29.6 Å². The van der Waals surface area contributed by atoms with Crippen molar-refractivity contribution in [3.8, 4) is 5.75 Å². The molecule has 2 aromatic carbocycles. The molecule has 0 fully saturated rings. The summed E-state index contributed by atoms with van der Waals surface area (Å²) < 4.78 is 15.8. The van der Waals surface area contributed by atoms with Crippen molar-refractivity contribution in [3.63, 3.8) is 0 Å². The van der Waals surface area contributed by atoms with E-state index >= 15 is 0 Å². The molecule has 0 spiro atoms. The largest absolute Gasteiger partial charge is 0.486 e. The van der Waals surface area contributed by atoms with Gasteiger partial charge in [-0.15, -0.1) is 11.3 Å². The van der Waals surface area contributed by atoms with Crippen LogP contribution in [-0.2, 0) is 16.1 Å². The fourth-order valence-corrected chi connectivity index (χ4v) is 2.93. The van der Waals surface area contributed by atoms with Gasteiger partial charge in [-0.1, -0.05) is 35.9 Å². The molecule has 0 saturated carbocycles. The zero-order valence-corrected chi connectivity index (χ0v) is 16.1. The lowest BCUT2D eigenvalue weighted by molar-refractivity contribution is 0.0262. The van der Waals surface area contributed by atoms with Gasteiger partial charge in [-0.2, -0.15) is 0 Å². The van der Waals surface area contributed by atoms with Crippen LogP contribution in [0.3, 0.4) is 0 Å². The van der Waals surface area contributed by atoms with E-state index in [1.807, 2.05) is 37.3 Å². The first-order valence-electron chi connectivity index (χ1n) is 8.65. The van der Waals surface area contributed by atoms with Crippen molar-refractivity contribution >= 4 is 23.3 Å². The van der Waals surface area contributed by atoms with Gasteiger partial charge in [0.15, 0.2) is 5.69 Å². The van der Waals surface area contributed by atoms with Crippen LogP contribution in [0.2, 0.25) is 0 Å². The average Bonchev–Trinajstić information content (AvgIpc) is 3.20. The fraction of sp³-hybridized carbons (Fsp3) is 0.190. The summed E-state index contributed by atoms with van der Waals surface area (Å²) >= 11 is 1.32. The predicted octanol–water partition coefficient (Wildman–Crippen LogP) is 4.04. The summed E-state index contributed by atoms with van der Waals surface area (Å²) in [7, 11) is 0. The number of aryl methyl sites for hydroxylation is 1. The van der Waals surface area contributed by atoms with Crippen molar-refractivity contribution in [2.45, 2.75) is 13.5 Å². The van der Waals surface area contributed by atoms with Crippen LogP contribution in [-0.4, -0.2) is 30.1 Å². The van der Waals surface area contributed by atoms with Gasteiger partial charge in [0, 0.05) is 5.38 Å². The molecule has 3 aromatic rings. The molecule has 7 heteroatoms. The molecule has 0 N–H and O–H groups in total. The molecule has 1 aromatic heterocycles. The van der Waals surface area contributed by atoms with Crippen LogP contribution in [0.25, 0.3) is 0 Å². The number of aromatic nitrogens is 1. The molecular weight excluding hydrogens is 378 g/mol. The molecule has 0 radical (unpaired) electrons. The van der Waals surface area contributed by atoms with E-state index in [4.69, 9.17) is 14.2 Å². The Hall–Kier alpha value is -3.19. The Bertz CT molecular complexity index is 921. The second-order valence-corrected chi connectivity index (χ2v) is 6.81. The highest BCUT2D eigenvalue weighted by Gasteiger charge is 2.13. The number of thiazole rings is 1. The molecule has 0 aliphatic rings. The molecule has 0 aliphatic carbocycles. The summed E-state index contributed by atoms with van der Waals surface area (Å²) in [5.74, 6) is -0.278. The number of esters is 2. The fourth-order valence-electron chi connectivity index (χ4n) is 2.25. The molecule has 0 saturated heterocycles. The molecular formula is C21H19NO5S. The summed E-state index contributed by atoms with van der Waals surface area (Å²) in [6.45, 7) is 2.22. The molecule has 0 unspecified atom stereocenters. The molecule has 0 aliphatic heterocycles. The van der Waals surface area contributed by atoms with E-state index in [0.29, 0.717) is 10.6 Å². The highest BCUT2D eigenvalue weighted by molar-refractivity contribution is 7.09. The zero-order chi connectivity index (χ0) is 19.8. The zero-order valence-electron chi connectivity index (χ0n) is 15.3. The van der Waals surface area contributed by atoms with Crippen LogP contribution < -0.4 is 4.74 Å². The van der Waals surface area contributed by atoms with Crippen LogP contribution in [0, 0.1) is 6.92 Å². The molecule has 1 heterocycles. The van der Waals surface area contributed by atoms with E-state index in [0.717, 1.165) is 11.3 Å². The van der Waals surface area contributed by atoms with E-state index in [9.17, 15) is 9.59 Å². The maximum atomic E-state index is 12.0. The lowest BCUT2D eigenvalue weighted by Crippen LogP contribution is -2.14. The van der Waals surface area contributed by atoms with Crippen LogP contribution >= 0.6 is 11.3 Å². The number of nitrogens with zero attached hydrogens (tertiary/aromatic N) is 1. The van der Waals surface area contributed by atoms with Crippen LogP contribution in [0.5, 0.6) is 5.75 Å². The van der Waals surface area contributed by atoms with Crippen molar-refractivity contribution in [2.24, 2.45) is 0 Å². The summed E-state index contributed by atoms with van der Waals surface area (Å²) in [5, 5.41) is 2.29. The maximum Gasteiger partial charge on any atom is 0.357 e. The Morgan fingerprint density at radius 3 is 2.32 bits per heavy atom. The Labute approximate surface area is 166 Å². The topological polar surface area (TPSA) is 74.7 Å². The normalized spacial score (nSPS) is 10.3. The van der Waals surface area contributed by atoms with Gasteiger partial charge in [0.2, 0.25) is 0 Å². The van der Waals surface area contributed by atoms with Gasteiger partial charge in [0.25, 0.3) is 0 Å². The number of carbonyl (C=O) groups excluding carboxylic acids is 2. The van der Waals surface area contributed by atoms with Gasteiger partial charge < -0.3 is 14.2 Å². The minimum absolute atomic E-state index is 0.0208. The molecule has 0 atom stereocenters. The lowest BCUT2D eigenvalue weighted by atomic mass is 10.2. The van der Waals surface area contributed by atoms with Gasteiger partial charge in [0.1, 0.15) is 30.6 Å². The highest BCUT2D eigenvalue weighted by Crippen LogP contribution is 2.16. The molecule has 3 rings (SSSR count). The third kappa shape index (κ3) is 5.65. The third-order valence-electron chi connectivity index (χ3n) is 3.70. The van der Waals surface area contributed by atoms with Crippen molar-refractivity contribution in [2.75, 3.05) is 13.2 Å². The first-order valence-corrected chi connectivity index (χ1v) is 9.53. The SMILES string of the molecule is Cc1ccc(OCc2nc(C(=O)OCCOC(=O)c3ccccc3)cs2)cc1. The number of rotatable bonds is 8. The monoisotopic (exact) mass is 397 g/mol. The lowest BCUT2D eigenvalue weighted by Gasteiger charge is -2.05. The Morgan fingerprint density at radius 2 is 1.61 bits per heavy atom. The number of hydrogen-bond donors (Lipinski definition) is 0. The van der Waals surface area contributed by atoms with Crippen LogP contribution in [0.1, 0.15) is 31.4 Å². The number of carbonyl (C=O) groups is 2. The van der Waals surface area contributed by atoms with Crippen LogP contribution in [0.15, 0.2) is 60.0 Å². The summed E-state index contributed by atoms with van der Waals surface area (Å²) in [4.78, 5) is 28.0. The Kier molecular flexibility index (Phi) is 6.75. The number of benzene rings is 2. The van der Waals surface area contributed by atoms with Crippen molar-refractivity contribution in [3.05, 3.63) is 81.8 Å². The van der Waals surface area contributed by atoms with E-state index in [1.165, 1.54) is 11.3 Å². The Balaban J connectivity index is 1.40. The molecule has 28 heavy (non-hydrogen) atoms. The third-order valence-corrected chi connectivity index (χ3v) is 4.53. The highest BCUT2D eigenvalue weighted by atomic mass is 32.1. The van der Waals surface area contributed by atoms with E-state index in [2.05, 4.69) is 4.98 Å². The molecule has 0 bridgehead atoms. The minimum Gasteiger partial charge on any atom is -0.486 e. The van der Waals surface area contributed by atoms with Gasteiger partial charge in [-0.25, -0.2) is 14.6 Å². The predicted molar refractivity (Wildman–Crippen MR) is 105 cm³/mol. The van der Waals surface area contributed by atoms with E-state index < -0.39 is 11.9 Å². The first kappa shape index (κ1) is 19.6. The summed E-state index contributed by atoms with van der Waals surface area (Å²) in [6.07, 6.45) is 0. The van der Waals surface area contributed by atoms with Crippen molar-refractivity contribution in [1.29, 1.82) is 0 Å². The van der Waals surface area contributed by atoms with Gasteiger partial charge >= 0.3 is 11.9 Å². The minimum atomic E-state index is -0.561. The quantitative estimate of drug-likeness (QED) is 0.422. The van der Waals surface area contributed by atoms with Crippen molar-refractivity contribution in [1.82, 2.24) is 4.98 Å². The second kappa shape index (κ2) is 9.66. The smallest absolute Gasteiger partial charge is 0.357 e. The molecule has 0 amide bonds. The van der Waals surface area contributed by atoms with E-state index in [-0.39, 0.29) is 25.5 Å². The van der Waals surface area contributed by atoms with Gasteiger partial charge in [-0.05, 0) is 31.2 Å². The maximum absolute atomic E-state index is 12.0. The molecule has 144 valence electrons. The van der Waals surface area contributed by atoms with Crippen LogP contribution in [0.4, 0.5) is 0 Å². The standard InChI is InChI=1S/C21H19NO5S/c1-15-7-9-17(10-8-15)27-13-19-22-18(14-28-19)21(24)26-12-11-25-20(23)16-5-3-2-4-6-16/h2-10,14H,11-13H2,1H3. The van der Waals surface area contributed by atoms with Gasteiger partial charge in [0.05, 0.1) is 5.56 Å². The second-order valence-electron chi connectivity index (χ2n) is 5.87. The molecule has 6 nitrogen and oxygen atoms in total. The summed E-state index contributed by atoms with van der Waals surface area (Å²) in [6, 6.07) is 16.3. The first-order chi connectivity index (χ1) is 13.6. The Morgan fingerprint density at radius 1 is 0.929 bits per heavy atom. The average molecular weight is 397 g/mol. The number of ether oxygens (including phenoxy) is 3.